The van der Waals surface area contributed by atoms with Gasteiger partial charge in [-0.2, -0.15) is 0 Å². The average Bonchev–Trinajstić information content (AvgIpc) is 2.76. The van der Waals surface area contributed by atoms with Crippen LogP contribution in [0.1, 0.15) is 5.56 Å². The molecule has 205 valence electrons. The van der Waals surface area contributed by atoms with E-state index in [0.717, 1.165) is 15.4 Å². The molecule has 1 radical (unpaired) electrons. The first-order valence-electron chi connectivity index (χ1n) is 10.8. The Kier molecular flexibility index (Phi) is 27.0. The Morgan fingerprint density at radius 1 is 0.667 bits per heavy atom. The van der Waals surface area contributed by atoms with Gasteiger partial charge >= 0.3 is 99.1 Å². The maximum Gasteiger partial charge on any atom is 3.00 e. The Morgan fingerprint density at radius 3 is 1.56 bits per heavy atom. The van der Waals surface area contributed by atoms with E-state index in [4.69, 9.17) is 4.74 Å². The van der Waals surface area contributed by atoms with Gasteiger partial charge in [-0.1, -0.05) is 30.3 Å². The molecule has 39 heavy (non-hydrogen) atoms. The molecule has 0 bridgehead atoms. The zero-order valence-electron chi connectivity index (χ0n) is 21.7. The van der Waals surface area contributed by atoms with E-state index in [1.165, 1.54) is 4.90 Å². The number of ether oxygens (including phenoxy) is 1. The third-order valence-electron chi connectivity index (χ3n) is 4.93. The number of benzene rings is 1. The average molecular weight is 712 g/mol. The van der Waals surface area contributed by atoms with Gasteiger partial charge in [0.25, 0.3) is 0 Å². The standard InChI is InChI=1S/C22H31N3O11.Gd.2Na/c26-18(27)10-23(6-7-24(11-19(28)29)12-20(30)31)8-9-25(13-21(32)33)17(22(34)35)15-36-14-16-4-2-1-3-5-16;;;/h1-5,17H,6-15H2,(H,26,27)(H,28,29)(H,30,31)(H,32,33)(H,34,35);;;/q;+3;2*+1/p-5. The summed E-state index contributed by atoms with van der Waals surface area (Å²) in [5, 5.41) is 55.7. The Bertz CT molecular complexity index is 883. The Balaban J connectivity index is -0.00000432. The number of hydrogen-bond donors (Lipinski definition) is 0. The molecule has 0 amide bonds. The van der Waals surface area contributed by atoms with Gasteiger partial charge in [0.2, 0.25) is 0 Å². The molecule has 0 aliphatic carbocycles. The number of nitrogens with zero attached hydrogens (tertiary/aromatic N) is 3. The maximum atomic E-state index is 11.7. The van der Waals surface area contributed by atoms with Crippen molar-refractivity contribution in [1.29, 1.82) is 0 Å². The van der Waals surface area contributed by atoms with Gasteiger partial charge in [0.05, 0.1) is 49.1 Å². The van der Waals surface area contributed by atoms with Crippen molar-refractivity contribution in [2.75, 3.05) is 59.0 Å². The molecule has 1 aromatic rings. The van der Waals surface area contributed by atoms with Crippen molar-refractivity contribution in [1.82, 2.24) is 14.7 Å². The maximum absolute atomic E-state index is 11.7. The first kappa shape index (κ1) is 43.2. The van der Waals surface area contributed by atoms with Gasteiger partial charge in [-0.25, -0.2) is 0 Å². The quantitative estimate of drug-likeness (QED) is 0.115. The van der Waals surface area contributed by atoms with Crippen molar-refractivity contribution in [3.05, 3.63) is 35.9 Å². The molecule has 1 aromatic carbocycles. The molecule has 0 aromatic heterocycles. The molecule has 0 aliphatic rings. The predicted molar refractivity (Wildman–Crippen MR) is 109 cm³/mol. The minimum atomic E-state index is -1.62. The minimum absolute atomic E-state index is 0. The van der Waals surface area contributed by atoms with Crippen LogP contribution in [-0.2, 0) is 35.3 Å². The number of rotatable bonds is 20. The van der Waals surface area contributed by atoms with Gasteiger partial charge in [0.15, 0.2) is 0 Å². The van der Waals surface area contributed by atoms with Gasteiger partial charge < -0.3 is 54.2 Å². The Hall–Kier alpha value is -0.265. The normalized spacial score (nSPS) is 11.2. The third kappa shape index (κ3) is 21.1. The Morgan fingerprint density at radius 2 is 1.10 bits per heavy atom. The second-order valence-corrected chi connectivity index (χ2v) is 7.78. The van der Waals surface area contributed by atoms with Crippen molar-refractivity contribution in [2.45, 2.75) is 12.6 Å². The SMILES string of the molecule is O=C([O-])CN(CCN(CC(=O)[O-])CC(=O)[O-])CCN(CC(=O)[O-])C(COCc1ccccc1)C(=O)[O-].[Gd+3].[Na+].[Na+]. The Labute approximate surface area is 301 Å². The molecule has 0 N–H and O–H groups in total. The second kappa shape index (κ2) is 24.3. The molecule has 0 aliphatic heterocycles. The molecule has 1 atom stereocenters. The summed E-state index contributed by atoms with van der Waals surface area (Å²) in [7, 11) is 0. The monoisotopic (exact) mass is 712 g/mol. The number of carbonyl (C=O) groups excluding carboxylic acids is 5. The summed E-state index contributed by atoms with van der Waals surface area (Å²) in [4.78, 5) is 58.8. The van der Waals surface area contributed by atoms with Crippen LogP contribution in [0.25, 0.3) is 0 Å². The van der Waals surface area contributed by atoms with Crippen LogP contribution in [0.5, 0.6) is 0 Å². The summed E-state index contributed by atoms with van der Waals surface area (Å²) >= 11 is 0. The van der Waals surface area contributed by atoms with Crippen LogP contribution in [0.4, 0.5) is 0 Å². The molecule has 0 spiro atoms. The summed E-state index contributed by atoms with van der Waals surface area (Å²) in [5.41, 5.74) is 0.749. The van der Waals surface area contributed by atoms with E-state index in [1.807, 2.05) is 0 Å². The predicted octanol–water partition coefficient (Wildman–Crippen LogP) is -13.8. The van der Waals surface area contributed by atoms with Crippen LogP contribution in [0, 0.1) is 39.9 Å². The summed E-state index contributed by atoms with van der Waals surface area (Å²) in [5.74, 6) is -7.85. The van der Waals surface area contributed by atoms with Crippen molar-refractivity contribution < 1.29 is 153 Å². The smallest absolute Gasteiger partial charge is 0.549 e. The van der Waals surface area contributed by atoms with Gasteiger partial charge in [-0.3, -0.25) is 14.7 Å². The fourth-order valence-electron chi connectivity index (χ4n) is 3.28. The molecule has 14 nitrogen and oxygen atoms in total. The summed E-state index contributed by atoms with van der Waals surface area (Å²) < 4.78 is 5.41. The van der Waals surface area contributed by atoms with E-state index in [1.54, 1.807) is 30.3 Å². The number of carboxylic acid groups (broad SMARTS) is 5. The molecule has 1 unspecified atom stereocenters. The molecule has 17 heteroatoms. The van der Waals surface area contributed by atoms with Crippen molar-refractivity contribution in [3.8, 4) is 0 Å². The van der Waals surface area contributed by atoms with Gasteiger partial charge in [-0.05, 0) is 5.56 Å². The van der Waals surface area contributed by atoms with Crippen LogP contribution in [0.15, 0.2) is 30.3 Å². The fourth-order valence-corrected chi connectivity index (χ4v) is 3.28. The van der Waals surface area contributed by atoms with E-state index < -0.39 is 68.7 Å². The van der Waals surface area contributed by atoms with E-state index in [-0.39, 0.29) is 132 Å². The van der Waals surface area contributed by atoms with Gasteiger partial charge in [0.1, 0.15) is 0 Å². The molecule has 0 fully saturated rings. The first-order valence-corrected chi connectivity index (χ1v) is 10.8. The largest absolute Gasteiger partial charge is 3.00 e. The van der Waals surface area contributed by atoms with Gasteiger partial charge in [-0.15, -0.1) is 0 Å². The topological polar surface area (TPSA) is 220 Å². The van der Waals surface area contributed by atoms with E-state index in [9.17, 15) is 49.5 Å². The van der Waals surface area contributed by atoms with Crippen molar-refractivity contribution in [2.24, 2.45) is 0 Å². The number of carbonyl (C=O) groups is 5. The van der Waals surface area contributed by atoms with Gasteiger partial charge in [0, 0.05) is 52.4 Å². The zero-order valence-corrected chi connectivity index (χ0v) is 28.0. The summed E-state index contributed by atoms with van der Waals surface area (Å²) in [6, 6.07) is 7.27. The summed E-state index contributed by atoms with van der Waals surface area (Å²) in [6.45, 7) is -4.27. The molecule has 0 saturated carbocycles. The first-order chi connectivity index (χ1) is 17.0. The number of aliphatic carboxylic acids is 5. The molecule has 0 saturated heterocycles. The third-order valence-corrected chi connectivity index (χ3v) is 4.93. The van der Waals surface area contributed by atoms with Crippen LogP contribution in [0.2, 0.25) is 0 Å². The molecular formula is C22H26GdN3Na2O11. The van der Waals surface area contributed by atoms with Crippen LogP contribution in [-0.4, -0.2) is 110 Å². The van der Waals surface area contributed by atoms with Crippen LogP contribution in [0.3, 0.4) is 0 Å². The summed E-state index contributed by atoms with van der Waals surface area (Å²) in [6.07, 6.45) is 0. The van der Waals surface area contributed by atoms with Crippen molar-refractivity contribution >= 4 is 29.8 Å². The molecule has 1 rings (SSSR count). The molecular weight excluding hydrogens is 685 g/mol. The zero-order chi connectivity index (χ0) is 27.1. The minimum Gasteiger partial charge on any atom is -0.549 e. The second-order valence-electron chi connectivity index (χ2n) is 7.78. The van der Waals surface area contributed by atoms with E-state index >= 15 is 0 Å². The van der Waals surface area contributed by atoms with E-state index in [0.29, 0.717) is 0 Å². The number of hydrogen-bond acceptors (Lipinski definition) is 14. The fraction of sp³-hybridized carbons (Fsp3) is 0.500. The van der Waals surface area contributed by atoms with Crippen LogP contribution >= 0.6 is 0 Å². The van der Waals surface area contributed by atoms with E-state index in [2.05, 4.69) is 0 Å². The van der Waals surface area contributed by atoms with Crippen molar-refractivity contribution in [3.63, 3.8) is 0 Å². The van der Waals surface area contributed by atoms with Crippen LogP contribution < -0.4 is 84.6 Å². The number of carboxylic acids is 5. The molecule has 0 heterocycles.